The number of ether oxygens (including phenoxy) is 1. The SMILES string of the molecule is CCOc1cc(C(C)(C)C)ccc1C1=N[C@@](C)(c2ccc(Cl)cc2)[C@@](C)(c2ccc(Cl)cc2)N1C(=O)Cl. The van der Waals surface area contributed by atoms with Crippen molar-refractivity contribution in [2.24, 2.45) is 4.99 Å². The van der Waals surface area contributed by atoms with Crippen LogP contribution in [-0.4, -0.2) is 22.7 Å². The van der Waals surface area contributed by atoms with Crippen molar-refractivity contribution in [3.63, 3.8) is 0 Å². The standard InChI is InChI=1S/C30H31Cl3N2O2/c1-7-37-25-18-21(28(2,3)4)12-17-24(25)26-34-29(5,19-8-13-22(31)14-9-19)30(6,35(26)27(33)36)20-10-15-23(32)16-11-20/h8-18H,7H2,1-6H3/t29-,30+/m0/s1. The van der Waals surface area contributed by atoms with Gasteiger partial charge in [0.05, 0.1) is 12.2 Å². The highest BCUT2D eigenvalue weighted by atomic mass is 35.5. The van der Waals surface area contributed by atoms with Crippen molar-refractivity contribution in [2.75, 3.05) is 6.61 Å². The monoisotopic (exact) mass is 556 g/mol. The molecule has 1 heterocycles. The number of benzene rings is 3. The van der Waals surface area contributed by atoms with E-state index >= 15 is 0 Å². The number of carbonyl (C=O) groups excluding carboxylic acids is 1. The number of aliphatic imine (C=N–C) groups is 1. The lowest BCUT2D eigenvalue weighted by Gasteiger charge is -2.44. The molecule has 2 atom stereocenters. The van der Waals surface area contributed by atoms with Crippen LogP contribution in [0.2, 0.25) is 10.0 Å². The van der Waals surface area contributed by atoms with Crippen LogP contribution in [-0.2, 0) is 16.5 Å². The number of nitrogens with zero attached hydrogens (tertiary/aromatic N) is 2. The van der Waals surface area contributed by atoms with Gasteiger partial charge < -0.3 is 4.74 Å². The van der Waals surface area contributed by atoms with Crippen LogP contribution in [0, 0.1) is 0 Å². The molecule has 194 valence electrons. The molecular formula is C30H31Cl3N2O2. The molecule has 1 aliphatic rings. The summed E-state index contributed by atoms with van der Waals surface area (Å²) in [5, 5.41) is 0.570. The van der Waals surface area contributed by atoms with Crippen LogP contribution in [0.15, 0.2) is 71.7 Å². The van der Waals surface area contributed by atoms with Gasteiger partial charge in [-0.3, -0.25) is 14.7 Å². The van der Waals surface area contributed by atoms with Gasteiger partial charge in [0.25, 0.3) is 0 Å². The maximum Gasteiger partial charge on any atom is 0.322 e. The lowest BCUT2D eigenvalue weighted by Crippen LogP contribution is -2.53. The Morgan fingerprint density at radius 3 is 1.95 bits per heavy atom. The molecule has 4 nitrogen and oxygen atoms in total. The molecule has 0 aliphatic carbocycles. The summed E-state index contributed by atoms with van der Waals surface area (Å²) in [6.07, 6.45) is 0. The van der Waals surface area contributed by atoms with Gasteiger partial charge >= 0.3 is 5.37 Å². The molecule has 4 rings (SSSR count). The van der Waals surface area contributed by atoms with E-state index in [9.17, 15) is 4.79 Å². The molecular weight excluding hydrogens is 527 g/mol. The Morgan fingerprint density at radius 2 is 1.46 bits per heavy atom. The van der Waals surface area contributed by atoms with E-state index in [0.717, 1.165) is 16.7 Å². The fourth-order valence-corrected chi connectivity index (χ4v) is 5.49. The van der Waals surface area contributed by atoms with Crippen molar-refractivity contribution in [3.8, 4) is 5.75 Å². The number of rotatable bonds is 5. The largest absolute Gasteiger partial charge is 0.493 e. The van der Waals surface area contributed by atoms with E-state index < -0.39 is 16.4 Å². The Bertz CT molecular complexity index is 1350. The highest BCUT2D eigenvalue weighted by molar-refractivity contribution is 6.64. The summed E-state index contributed by atoms with van der Waals surface area (Å²) in [4.78, 5) is 20.1. The zero-order chi connectivity index (χ0) is 27.2. The Morgan fingerprint density at radius 1 is 0.919 bits per heavy atom. The molecule has 1 amide bonds. The molecule has 0 saturated heterocycles. The zero-order valence-electron chi connectivity index (χ0n) is 21.9. The predicted molar refractivity (Wildman–Crippen MR) is 154 cm³/mol. The third kappa shape index (κ3) is 4.76. The second kappa shape index (κ2) is 9.98. The lowest BCUT2D eigenvalue weighted by atomic mass is 9.71. The first-order valence-corrected chi connectivity index (χ1v) is 13.4. The van der Waals surface area contributed by atoms with Crippen LogP contribution in [0.1, 0.15) is 63.8 Å². The summed E-state index contributed by atoms with van der Waals surface area (Å²) in [6, 6.07) is 21.0. The molecule has 7 heteroatoms. The molecule has 0 spiro atoms. The highest BCUT2D eigenvalue weighted by Crippen LogP contribution is 2.54. The van der Waals surface area contributed by atoms with Crippen LogP contribution in [0.5, 0.6) is 5.75 Å². The quantitative estimate of drug-likeness (QED) is 0.232. The number of halogens is 3. The van der Waals surface area contributed by atoms with Gasteiger partial charge in [-0.15, -0.1) is 0 Å². The first kappa shape index (κ1) is 27.5. The van der Waals surface area contributed by atoms with Gasteiger partial charge in [-0.2, -0.15) is 0 Å². The van der Waals surface area contributed by atoms with E-state index in [0.29, 0.717) is 33.8 Å². The molecule has 0 unspecified atom stereocenters. The summed E-state index contributed by atoms with van der Waals surface area (Å²) in [5.41, 5.74) is 1.54. The highest BCUT2D eigenvalue weighted by Gasteiger charge is 2.59. The fourth-order valence-electron chi connectivity index (χ4n) is 4.99. The molecule has 37 heavy (non-hydrogen) atoms. The Hall–Kier alpha value is -2.53. The van der Waals surface area contributed by atoms with Gasteiger partial charge in [0.15, 0.2) is 0 Å². The zero-order valence-corrected chi connectivity index (χ0v) is 24.2. The number of hydrogen-bond acceptors (Lipinski definition) is 3. The van der Waals surface area contributed by atoms with E-state index in [4.69, 9.17) is 44.5 Å². The lowest BCUT2D eigenvalue weighted by molar-refractivity contribution is 0.149. The molecule has 0 fully saturated rings. The molecule has 1 aliphatic heterocycles. The fraction of sp³-hybridized carbons (Fsp3) is 0.333. The maximum absolute atomic E-state index is 13.3. The van der Waals surface area contributed by atoms with Gasteiger partial charge in [-0.1, -0.05) is 74.3 Å². The normalized spacial score (nSPS) is 21.6. The molecule has 3 aromatic carbocycles. The van der Waals surface area contributed by atoms with Crippen molar-refractivity contribution >= 4 is 46.0 Å². The van der Waals surface area contributed by atoms with Crippen molar-refractivity contribution in [1.29, 1.82) is 0 Å². The molecule has 0 N–H and O–H groups in total. The summed E-state index contributed by atoms with van der Waals surface area (Å²) in [6.45, 7) is 12.8. The molecule has 3 aromatic rings. The molecule has 0 saturated carbocycles. The molecule has 0 bridgehead atoms. The van der Waals surface area contributed by atoms with E-state index in [2.05, 4.69) is 26.8 Å². The third-order valence-electron chi connectivity index (χ3n) is 7.31. The average Bonchev–Trinajstić information content (AvgIpc) is 3.08. The van der Waals surface area contributed by atoms with Crippen LogP contribution >= 0.6 is 34.8 Å². The summed E-state index contributed by atoms with van der Waals surface area (Å²) >= 11 is 18.8. The second-order valence-corrected chi connectivity index (χ2v) is 11.8. The first-order valence-electron chi connectivity index (χ1n) is 12.2. The third-order valence-corrected chi connectivity index (χ3v) is 7.99. The van der Waals surface area contributed by atoms with Gasteiger partial charge in [0.1, 0.15) is 22.7 Å². The van der Waals surface area contributed by atoms with E-state index in [1.165, 1.54) is 0 Å². The number of amides is 1. The Kier molecular flexibility index (Phi) is 7.42. The van der Waals surface area contributed by atoms with E-state index in [1.807, 2.05) is 81.4 Å². The minimum atomic E-state index is -0.994. The van der Waals surface area contributed by atoms with Crippen LogP contribution in [0.3, 0.4) is 0 Å². The maximum atomic E-state index is 13.3. The number of carbonyl (C=O) groups is 1. The number of hydrogen-bond donors (Lipinski definition) is 0. The van der Waals surface area contributed by atoms with Crippen LogP contribution in [0.4, 0.5) is 4.79 Å². The summed E-state index contributed by atoms with van der Waals surface area (Å²) in [5.74, 6) is 1.09. The van der Waals surface area contributed by atoms with Crippen LogP contribution in [0.25, 0.3) is 0 Å². The first-order chi connectivity index (χ1) is 17.3. The molecule has 0 aromatic heterocycles. The van der Waals surface area contributed by atoms with Gasteiger partial charge in [-0.25, -0.2) is 0 Å². The van der Waals surface area contributed by atoms with Crippen molar-refractivity contribution < 1.29 is 9.53 Å². The van der Waals surface area contributed by atoms with E-state index in [1.54, 1.807) is 4.90 Å². The van der Waals surface area contributed by atoms with Crippen LogP contribution < -0.4 is 4.74 Å². The van der Waals surface area contributed by atoms with Gasteiger partial charge in [-0.05, 0) is 90.9 Å². The van der Waals surface area contributed by atoms with E-state index in [-0.39, 0.29) is 5.41 Å². The minimum Gasteiger partial charge on any atom is -0.493 e. The Labute approximate surface area is 234 Å². The summed E-state index contributed by atoms with van der Waals surface area (Å²) in [7, 11) is 0. The van der Waals surface area contributed by atoms with Crippen molar-refractivity contribution in [3.05, 3.63) is 99.0 Å². The van der Waals surface area contributed by atoms with Gasteiger partial charge in [0, 0.05) is 10.0 Å². The minimum absolute atomic E-state index is 0.0838. The smallest absolute Gasteiger partial charge is 0.322 e. The topological polar surface area (TPSA) is 41.9 Å². The number of amidine groups is 1. The predicted octanol–water partition coefficient (Wildman–Crippen LogP) is 8.94. The van der Waals surface area contributed by atoms with Gasteiger partial charge in [0.2, 0.25) is 0 Å². The summed E-state index contributed by atoms with van der Waals surface area (Å²) < 4.78 is 6.10. The Balaban J connectivity index is 2.03. The van der Waals surface area contributed by atoms with Crippen molar-refractivity contribution in [1.82, 2.24) is 4.90 Å². The van der Waals surface area contributed by atoms with Crippen molar-refractivity contribution in [2.45, 2.75) is 58.0 Å². The molecule has 0 radical (unpaired) electrons. The average molecular weight is 558 g/mol. The second-order valence-electron chi connectivity index (χ2n) is 10.6.